The Morgan fingerprint density at radius 2 is 1.20 bits per heavy atom. The van der Waals surface area contributed by atoms with Crippen molar-refractivity contribution in [2.24, 2.45) is 5.73 Å². The van der Waals surface area contributed by atoms with E-state index < -0.39 is 33.3 Å². The van der Waals surface area contributed by atoms with Gasteiger partial charge in [-0.1, -0.05) is 69.7 Å². The fraction of sp³-hybridized carbons (Fsp3) is 0.333. The minimum atomic E-state index is -1.25. The van der Waals surface area contributed by atoms with Crippen molar-refractivity contribution < 1.29 is 32.1 Å². The van der Waals surface area contributed by atoms with Gasteiger partial charge in [0.05, 0.1) is 56.2 Å². The average Bonchev–Trinajstić information content (AvgIpc) is 3.08. The van der Waals surface area contributed by atoms with Crippen molar-refractivity contribution in [2.75, 3.05) is 23.8 Å². The maximum Gasteiger partial charge on any atom is 0.259 e. The summed E-state index contributed by atoms with van der Waals surface area (Å²) in [5, 5.41) is 5.27. The molecule has 0 spiro atoms. The monoisotopic (exact) mass is 828 g/mol. The second-order valence-corrected chi connectivity index (χ2v) is 15.4. The van der Waals surface area contributed by atoms with Crippen LogP contribution in [0.3, 0.4) is 0 Å². The molecule has 0 saturated carbocycles. The first-order chi connectivity index (χ1) is 23.7. The summed E-state index contributed by atoms with van der Waals surface area (Å²) >= 11 is 11.5. The quantitative estimate of drug-likeness (QED) is 0.153. The number of nitrogens with one attached hydrogen (secondary N) is 3. The molecular weight excluding hydrogens is 781 g/mol. The van der Waals surface area contributed by atoms with E-state index in [0.29, 0.717) is 60.1 Å². The Bertz CT molecular complexity index is 1950. The largest absolute Gasteiger partial charge is 0.492 e. The third-order valence-corrected chi connectivity index (χ3v) is 10.0. The number of para-hydroxylation sites is 2. The summed E-state index contributed by atoms with van der Waals surface area (Å²) in [6.07, 6.45) is 1.36. The van der Waals surface area contributed by atoms with Crippen LogP contribution in [0, 0.1) is 11.6 Å². The van der Waals surface area contributed by atoms with Gasteiger partial charge in [-0.05, 0) is 69.3 Å². The fourth-order valence-corrected chi connectivity index (χ4v) is 6.42. The number of anilines is 2. The van der Waals surface area contributed by atoms with Crippen LogP contribution in [0.2, 0.25) is 10.0 Å². The highest BCUT2D eigenvalue weighted by Gasteiger charge is 2.30. The third kappa shape index (κ3) is 11.6. The molecule has 9 nitrogen and oxygen atoms in total. The van der Waals surface area contributed by atoms with Crippen molar-refractivity contribution in [1.82, 2.24) is 4.72 Å². The maximum absolute atomic E-state index is 13.3. The molecule has 6 rings (SSSR count). The van der Waals surface area contributed by atoms with E-state index in [1.165, 1.54) is 36.4 Å². The van der Waals surface area contributed by atoms with Gasteiger partial charge in [-0.2, -0.15) is 0 Å². The van der Waals surface area contributed by atoms with Crippen LogP contribution in [-0.4, -0.2) is 34.0 Å². The van der Waals surface area contributed by atoms with E-state index in [1.807, 2.05) is 32.9 Å². The van der Waals surface area contributed by atoms with Gasteiger partial charge in [-0.3, -0.25) is 9.59 Å². The number of rotatable bonds is 6. The van der Waals surface area contributed by atoms with Gasteiger partial charge in [0, 0.05) is 41.4 Å². The number of benzene rings is 4. The molecule has 0 unspecified atom stereocenters. The summed E-state index contributed by atoms with van der Waals surface area (Å²) < 4.78 is 53.1. The number of amides is 2. The third-order valence-electron chi connectivity index (χ3n) is 7.84. The maximum atomic E-state index is 13.3. The summed E-state index contributed by atoms with van der Waals surface area (Å²) in [5.41, 5.74) is 9.18. The number of carbonyl (C=O) groups is 2. The van der Waals surface area contributed by atoms with Gasteiger partial charge >= 0.3 is 0 Å². The predicted molar refractivity (Wildman–Crippen MR) is 220 cm³/mol. The van der Waals surface area contributed by atoms with Crippen LogP contribution in [-0.2, 0) is 11.0 Å². The molecule has 0 fully saturated rings. The van der Waals surface area contributed by atoms with Crippen LogP contribution in [0.15, 0.2) is 72.8 Å². The lowest BCUT2D eigenvalue weighted by Gasteiger charge is -2.30. The summed E-state index contributed by atoms with van der Waals surface area (Å²) in [4.78, 5) is 25.2. The normalized spacial score (nSPS) is 15.8. The fourth-order valence-electron chi connectivity index (χ4n) is 5.21. The SMILES string of the molecule is C.C.C.CC(C)(C)[S@](=O)N[C@H]1CCOc2c(C(=O)Nc3ccc(F)c(Cl)c3)cccc21.Cl.N[C@H]1CCOc2c(C(=O)Nc3ccc(F)c(Cl)c3)cccc21. The molecule has 296 valence electrons. The lowest BCUT2D eigenvalue weighted by molar-refractivity contribution is 0.101. The van der Waals surface area contributed by atoms with Crippen molar-refractivity contribution in [3.8, 4) is 11.5 Å². The van der Waals surface area contributed by atoms with E-state index in [9.17, 15) is 22.6 Å². The molecule has 5 N–H and O–H groups in total. The number of hydrogen-bond donors (Lipinski definition) is 4. The Morgan fingerprint density at radius 3 is 1.67 bits per heavy atom. The Balaban J connectivity index is 0.000000514. The van der Waals surface area contributed by atoms with Crippen molar-refractivity contribution in [1.29, 1.82) is 0 Å². The molecule has 4 aromatic carbocycles. The van der Waals surface area contributed by atoms with Crippen LogP contribution < -0.4 is 30.6 Å². The molecule has 15 heteroatoms. The Morgan fingerprint density at radius 1 is 0.759 bits per heavy atom. The Labute approximate surface area is 335 Å². The summed E-state index contributed by atoms with van der Waals surface area (Å²) in [6.45, 7) is 6.57. The zero-order chi connectivity index (χ0) is 36.2. The number of ether oxygens (including phenoxy) is 2. The highest BCUT2D eigenvalue weighted by molar-refractivity contribution is 7.84. The first kappa shape index (κ1) is 48.2. The van der Waals surface area contributed by atoms with Gasteiger partial charge in [0.1, 0.15) is 23.1 Å². The smallest absolute Gasteiger partial charge is 0.259 e. The molecule has 0 aliphatic carbocycles. The lowest BCUT2D eigenvalue weighted by atomic mass is 9.98. The number of fused-ring (bicyclic) bond motifs is 2. The second kappa shape index (κ2) is 20.8. The van der Waals surface area contributed by atoms with E-state index in [2.05, 4.69) is 15.4 Å². The zero-order valence-corrected chi connectivity index (χ0v) is 31.0. The van der Waals surface area contributed by atoms with Gasteiger partial charge < -0.3 is 25.8 Å². The molecule has 2 amide bonds. The van der Waals surface area contributed by atoms with Crippen LogP contribution >= 0.6 is 35.6 Å². The highest BCUT2D eigenvalue weighted by atomic mass is 35.5. The van der Waals surface area contributed by atoms with E-state index >= 15 is 0 Å². The second-order valence-electron chi connectivity index (χ2n) is 12.5. The Kier molecular flexibility index (Phi) is 18.6. The first-order valence-corrected chi connectivity index (χ1v) is 17.6. The number of hydrogen-bond acceptors (Lipinski definition) is 6. The lowest BCUT2D eigenvalue weighted by Crippen LogP contribution is -2.37. The van der Waals surface area contributed by atoms with E-state index in [4.69, 9.17) is 38.4 Å². The first-order valence-electron chi connectivity index (χ1n) is 15.7. The minimum absolute atomic E-state index is 0. The summed E-state index contributed by atoms with van der Waals surface area (Å²) in [5.74, 6) is -0.868. The number of halogens is 5. The van der Waals surface area contributed by atoms with Gasteiger partial charge in [-0.25, -0.2) is 17.7 Å². The van der Waals surface area contributed by atoms with Crippen LogP contribution in [0.25, 0.3) is 0 Å². The van der Waals surface area contributed by atoms with Gasteiger partial charge in [-0.15, -0.1) is 12.4 Å². The molecule has 2 aliphatic heterocycles. The van der Waals surface area contributed by atoms with Crippen molar-refractivity contribution in [3.63, 3.8) is 0 Å². The van der Waals surface area contributed by atoms with Gasteiger partial charge in [0.25, 0.3) is 11.8 Å². The predicted octanol–water partition coefficient (Wildman–Crippen LogP) is 10.5. The molecule has 0 bridgehead atoms. The molecular formula is C39H49Cl3F2N4O5S. The molecule has 2 heterocycles. The van der Waals surface area contributed by atoms with Crippen molar-refractivity contribution in [2.45, 2.75) is 72.7 Å². The van der Waals surface area contributed by atoms with Crippen molar-refractivity contribution >= 4 is 69.8 Å². The minimum Gasteiger partial charge on any atom is -0.492 e. The van der Waals surface area contributed by atoms with Crippen LogP contribution in [0.5, 0.6) is 11.5 Å². The number of carbonyl (C=O) groups excluding carboxylic acids is 2. The van der Waals surface area contributed by atoms with Gasteiger partial charge in [0.15, 0.2) is 0 Å². The summed E-state index contributed by atoms with van der Waals surface area (Å²) in [6, 6.07) is 18.2. The molecule has 4 aromatic rings. The Hall–Kier alpha value is -3.78. The zero-order valence-electron chi connectivity index (χ0n) is 27.9. The standard InChI is InChI=1S/C20H22ClFN2O3S.C16H14ClFN2O2.3CH4.ClH/c1-20(2,3)28(26)24-17-9-10-27-18-13(17)5-4-6-14(18)19(25)23-12-7-8-16(22)15(21)11-12;17-12-8-9(4-5-13(12)18)20-16(21)11-3-1-2-10-14(19)6-7-22-15(10)11;;;;/h4-8,11,17,24H,9-10H2,1-3H3,(H,23,25);1-5,8,14H,6-7,19H2,(H,20,21);3*1H4;1H/t17-,28-;14-;;;;/m00..../s1. The molecule has 0 radical (unpaired) electrons. The molecule has 3 atom stereocenters. The molecule has 0 aromatic heterocycles. The van der Waals surface area contributed by atoms with Gasteiger partial charge in [0.2, 0.25) is 0 Å². The molecule has 2 aliphatic rings. The topological polar surface area (TPSA) is 132 Å². The molecule has 54 heavy (non-hydrogen) atoms. The average molecular weight is 830 g/mol. The van der Waals surface area contributed by atoms with Crippen LogP contribution in [0.4, 0.5) is 20.2 Å². The number of nitrogens with two attached hydrogens (primary N) is 1. The summed E-state index contributed by atoms with van der Waals surface area (Å²) in [7, 11) is -1.25. The van der Waals surface area contributed by atoms with E-state index in [1.54, 1.807) is 24.3 Å². The molecule has 0 saturated heterocycles. The van der Waals surface area contributed by atoms with E-state index in [0.717, 1.165) is 11.1 Å². The highest BCUT2D eigenvalue weighted by Crippen LogP contribution is 2.37. The van der Waals surface area contributed by atoms with E-state index in [-0.39, 0.29) is 62.7 Å². The van der Waals surface area contributed by atoms with Crippen molar-refractivity contribution in [3.05, 3.63) is 117 Å². The van der Waals surface area contributed by atoms with Crippen LogP contribution in [0.1, 0.15) is 99.8 Å².